The third-order valence-corrected chi connectivity index (χ3v) is 5.93. The summed E-state index contributed by atoms with van der Waals surface area (Å²) in [5, 5.41) is 3.73. The molecule has 18 heavy (non-hydrogen) atoms. The highest BCUT2D eigenvalue weighted by atomic mass is 16.5. The summed E-state index contributed by atoms with van der Waals surface area (Å²) >= 11 is 0. The molecule has 2 saturated carbocycles. The number of fused-ring (bicyclic) bond motifs is 1. The highest BCUT2D eigenvalue weighted by molar-refractivity contribution is 5.20. The average Bonchev–Trinajstić information content (AvgIpc) is 2.89. The van der Waals surface area contributed by atoms with Crippen LogP contribution in [0.1, 0.15) is 52.4 Å². The van der Waals surface area contributed by atoms with Crippen LogP contribution >= 0.6 is 0 Å². The Morgan fingerprint density at radius 3 is 2.61 bits per heavy atom. The standard InChI is InChI=1S/C15H28N2O/c1-14(2)13-12(8-5-9-18-13)15(14,16)10-17-11-6-3-4-7-11/h11-13,17H,3-10,16H2,1-2H3. The molecule has 1 aliphatic heterocycles. The van der Waals surface area contributed by atoms with E-state index in [0.29, 0.717) is 18.1 Å². The van der Waals surface area contributed by atoms with E-state index in [1.54, 1.807) is 0 Å². The molecule has 1 saturated heterocycles. The fourth-order valence-electron chi connectivity index (χ4n) is 4.47. The number of nitrogens with one attached hydrogen (secondary N) is 1. The van der Waals surface area contributed by atoms with Crippen LogP contribution < -0.4 is 11.1 Å². The van der Waals surface area contributed by atoms with Gasteiger partial charge in [-0.3, -0.25) is 0 Å². The van der Waals surface area contributed by atoms with E-state index in [-0.39, 0.29) is 11.0 Å². The molecule has 3 aliphatic rings. The first kappa shape index (κ1) is 12.9. The van der Waals surface area contributed by atoms with Gasteiger partial charge in [0, 0.05) is 36.1 Å². The minimum atomic E-state index is -0.0688. The largest absolute Gasteiger partial charge is 0.377 e. The van der Waals surface area contributed by atoms with Crippen molar-refractivity contribution in [2.24, 2.45) is 17.1 Å². The van der Waals surface area contributed by atoms with E-state index in [4.69, 9.17) is 10.5 Å². The van der Waals surface area contributed by atoms with Crippen molar-refractivity contribution in [2.45, 2.75) is 70.1 Å². The van der Waals surface area contributed by atoms with Gasteiger partial charge in [0.05, 0.1) is 6.10 Å². The molecular weight excluding hydrogens is 224 g/mol. The van der Waals surface area contributed by atoms with Crippen molar-refractivity contribution in [3.63, 3.8) is 0 Å². The summed E-state index contributed by atoms with van der Waals surface area (Å²) in [5.41, 5.74) is 6.82. The topological polar surface area (TPSA) is 47.3 Å². The normalized spacial score (nSPS) is 43.5. The summed E-state index contributed by atoms with van der Waals surface area (Å²) in [7, 11) is 0. The molecule has 0 spiro atoms. The van der Waals surface area contributed by atoms with Gasteiger partial charge in [0.15, 0.2) is 0 Å². The minimum Gasteiger partial charge on any atom is -0.377 e. The van der Waals surface area contributed by atoms with E-state index in [1.165, 1.54) is 38.5 Å². The third kappa shape index (κ3) is 1.75. The highest BCUT2D eigenvalue weighted by Crippen LogP contribution is 2.57. The lowest BCUT2D eigenvalue weighted by molar-refractivity contribution is -0.226. The number of ether oxygens (including phenoxy) is 1. The van der Waals surface area contributed by atoms with Gasteiger partial charge in [0.25, 0.3) is 0 Å². The molecule has 0 amide bonds. The molecule has 0 aromatic heterocycles. The Morgan fingerprint density at radius 2 is 1.89 bits per heavy atom. The molecule has 1 heterocycles. The Morgan fingerprint density at radius 1 is 1.17 bits per heavy atom. The van der Waals surface area contributed by atoms with E-state index in [1.807, 2.05) is 0 Å². The molecular formula is C15H28N2O. The van der Waals surface area contributed by atoms with Crippen LogP contribution in [-0.2, 0) is 4.74 Å². The first-order valence-electron chi connectivity index (χ1n) is 7.69. The van der Waals surface area contributed by atoms with E-state index < -0.39 is 0 Å². The van der Waals surface area contributed by atoms with Crippen LogP contribution in [0.5, 0.6) is 0 Å². The average molecular weight is 252 g/mol. The predicted octanol–water partition coefficient (Wildman–Crippen LogP) is 2.05. The monoisotopic (exact) mass is 252 g/mol. The second kappa shape index (κ2) is 4.46. The van der Waals surface area contributed by atoms with Gasteiger partial charge in [-0.1, -0.05) is 26.7 Å². The molecule has 3 fully saturated rings. The van der Waals surface area contributed by atoms with Crippen molar-refractivity contribution >= 4 is 0 Å². The first-order valence-corrected chi connectivity index (χ1v) is 7.69. The number of rotatable bonds is 3. The summed E-state index contributed by atoms with van der Waals surface area (Å²) in [6.07, 6.45) is 8.25. The number of nitrogens with two attached hydrogens (primary N) is 1. The van der Waals surface area contributed by atoms with Gasteiger partial charge in [-0.25, -0.2) is 0 Å². The lowest BCUT2D eigenvalue weighted by Gasteiger charge is -2.66. The van der Waals surface area contributed by atoms with E-state index in [2.05, 4.69) is 19.2 Å². The van der Waals surface area contributed by atoms with Gasteiger partial charge in [0.2, 0.25) is 0 Å². The maximum atomic E-state index is 6.77. The van der Waals surface area contributed by atoms with Gasteiger partial charge in [-0.15, -0.1) is 0 Å². The number of hydrogen-bond donors (Lipinski definition) is 2. The van der Waals surface area contributed by atoms with Crippen molar-refractivity contribution in [3.8, 4) is 0 Å². The summed E-state index contributed by atoms with van der Waals surface area (Å²) in [6, 6.07) is 0.713. The molecule has 0 bridgehead atoms. The molecule has 3 N–H and O–H groups in total. The van der Waals surface area contributed by atoms with Crippen LogP contribution in [0.3, 0.4) is 0 Å². The van der Waals surface area contributed by atoms with E-state index in [9.17, 15) is 0 Å². The van der Waals surface area contributed by atoms with Gasteiger partial charge in [0.1, 0.15) is 0 Å². The van der Waals surface area contributed by atoms with Crippen LogP contribution in [-0.4, -0.2) is 30.8 Å². The second-order valence-corrected chi connectivity index (χ2v) is 7.16. The second-order valence-electron chi connectivity index (χ2n) is 7.16. The fraction of sp³-hybridized carbons (Fsp3) is 1.00. The summed E-state index contributed by atoms with van der Waals surface area (Å²) in [5.74, 6) is 0.565. The molecule has 104 valence electrons. The quantitative estimate of drug-likeness (QED) is 0.808. The van der Waals surface area contributed by atoms with E-state index in [0.717, 1.165) is 13.2 Å². The van der Waals surface area contributed by atoms with Crippen LogP contribution in [0.2, 0.25) is 0 Å². The Bertz CT molecular complexity index is 312. The van der Waals surface area contributed by atoms with E-state index >= 15 is 0 Å². The molecule has 2 aliphatic carbocycles. The van der Waals surface area contributed by atoms with Gasteiger partial charge < -0.3 is 15.8 Å². The molecule has 3 rings (SSSR count). The SMILES string of the molecule is CC1(C)C2OCCCC2C1(N)CNC1CCCC1. The lowest BCUT2D eigenvalue weighted by atomic mass is 9.46. The summed E-state index contributed by atoms with van der Waals surface area (Å²) < 4.78 is 5.95. The van der Waals surface area contributed by atoms with Gasteiger partial charge in [-0.05, 0) is 25.7 Å². The molecule has 3 nitrogen and oxygen atoms in total. The van der Waals surface area contributed by atoms with Gasteiger partial charge >= 0.3 is 0 Å². The van der Waals surface area contributed by atoms with Crippen molar-refractivity contribution in [1.82, 2.24) is 5.32 Å². The Labute approximate surface area is 111 Å². The zero-order valence-electron chi connectivity index (χ0n) is 11.9. The van der Waals surface area contributed by atoms with Crippen LogP contribution in [0.4, 0.5) is 0 Å². The first-order chi connectivity index (χ1) is 8.56. The van der Waals surface area contributed by atoms with Crippen LogP contribution in [0.25, 0.3) is 0 Å². The molecule has 3 atom stereocenters. The molecule has 0 radical (unpaired) electrons. The fourth-order valence-corrected chi connectivity index (χ4v) is 4.47. The van der Waals surface area contributed by atoms with Crippen LogP contribution in [0, 0.1) is 11.3 Å². The van der Waals surface area contributed by atoms with Crippen molar-refractivity contribution < 1.29 is 4.74 Å². The predicted molar refractivity (Wildman–Crippen MR) is 73.4 cm³/mol. The Hall–Kier alpha value is -0.120. The molecule has 3 heteroatoms. The van der Waals surface area contributed by atoms with Crippen molar-refractivity contribution in [2.75, 3.05) is 13.2 Å². The number of hydrogen-bond acceptors (Lipinski definition) is 3. The third-order valence-electron chi connectivity index (χ3n) is 5.93. The molecule has 0 aromatic rings. The lowest BCUT2D eigenvalue weighted by Crippen LogP contribution is -2.80. The zero-order chi connectivity index (χ0) is 12.8. The summed E-state index contributed by atoms with van der Waals surface area (Å²) in [4.78, 5) is 0. The van der Waals surface area contributed by atoms with Crippen molar-refractivity contribution in [3.05, 3.63) is 0 Å². The Kier molecular flexibility index (Phi) is 3.20. The van der Waals surface area contributed by atoms with Crippen molar-refractivity contribution in [1.29, 1.82) is 0 Å². The van der Waals surface area contributed by atoms with Crippen LogP contribution in [0.15, 0.2) is 0 Å². The highest BCUT2D eigenvalue weighted by Gasteiger charge is 2.66. The van der Waals surface area contributed by atoms with Gasteiger partial charge in [-0.2, -0.15) is 0 Å². The maximum absolute atomic E-state index is 6.77. The molecule has 0 aromatic carbocycles. The molecule has 3 unspecified atom stereocenters. The maximum Gasteiger partial charge on any atom is 0.0690 e. The summed E-state index contributed by atoms with van der Waals surface area (Å²) in [6.45, 7) is 6.47. The smallest absolute Gasteiger partial charge is 0.0690 e. The zero-order valence-corrected chi connectivity index (χ0v) is 11.9. The Balaban J connectivity index is 1.64. The minimum absolute atomic E-state index is 0.0688.